The summed E-state index contributed by atoms with van der Waals surface area (Å²) in [7, 11) is 1.63. The van der Waals surface area contributed by atoms with Gasteiger partial charge in [-0.05, 0) is 13.3 Å². The minimum Gasteiger partial charge on any atom is -0.383 e. The molecule has 7 nitrogen and oxygen atoms in total. The van der Waals surface area contributed by atoms with E-state index < -0.39 is 12.1 Å². The average molecular weight is 294 g/mol. The van der Waals surface area contributed by atoms with Crippen molar-refractivity contribution in [3.63, 3.8) is 0 Å². The lowest BCUT2D eigenvalue weighted by molar-refractivity contribution is -0.133. The lowest BCUT2D eigenvalue weighted by atomic mass is 10.0. The first-order chi connectivity index (χ1) is 10.1. The number of carbonyl (C=O) groups excluding carboxylic acids is 2. The molecule has 2 atom stereocenters. The van der Waals surface area contributed by atoms with Crippen LogP contribution in [0, 0.1) is 0 Å². The summed E-state index contributed by atoms with van der Waals surface area (Å²) in [5.74, 6) is -0.201. The Morgan fingerprint density at radius 1 is 1.43 bits per heavy atom. The summed E-state index contributed by atoms with van der Waals surface area (Å²) in [6.45, 7) is 4.87. The lowest BCUT2D eigenvalue weighted by Gasteiger charge is -2.36. The molecule has 1 aliphatic heterocycles. The van der Waals surface area contributed by atoms with Crippen LogP contribution in [-0.4, -0.2) is 47.4 Å². The van der Waals surface area contributed by atoms with Crippen LogP contribution < -0.4 is 10.2 Å². The van der Waals surface area contributed by atoms with Crippen LogP contribution >= 0.6 is 0 Å². The van der Waals surface area contributed by atoms with Gasteiger partial charge in [-0.15, -0.1) is 0 Å². The molecule has 0 radical (unpaired) electrons. The number of amides is 2. The fraction of sp³-hybridized carbons (Fsp3) is 0.643. The van der Waals surface area contributed by atoms with Gasteiger partial charge in [0.05, 0.1) is 25.0 Å². The molecule has 2 unspecified atom stereocenters. The topological polar surface area (TPSA) is 76.5 Å². The van der Waals surface area contributed by atoms with Gasteiger partial charge in [-0.1, -0.05) is 13.3 Å². The molecule has 2 heterocycles. The highest BCUT2D eigenvalue weighted by Gasteiger charge is 2.38. The summed E-state index contributed by atoms with van der Waals surface area (Å²) in [5, 5.41) is 6.99. The van der Waals surface area contributed by atoms with Crippen molar-refractivity contribution in [2.45, 2.75) is 45.3 Å². The molecule has 1 aromatic rings. The first-order valence-electron chi connectivity index (χ1n) is 7.23. The SMILES string of the molecule is CCCC1NC(=O)C(C)N(c2cnn(CCOC)c2)C1=O. The maximum Gasteiger partial charge on any atom is 0.250 e. The Bertz CT molecular complexity index is 514. The number of carbonyl (C=O) groups is 2. The van der Waals surface area contributed by atoms with Crippen LogP contribution in [0.3, 0.4) is 0 Å². The fourth-order valence-electron chi connectivity index (χ4n) is 2.45. The maximum absolute atomic E-state index is 12.5. The normalized spacial score (nSPS) is 22.5. The van der Waals surface area contributed by atoms with E-state index in [0.29, 0.717) is 25.3 Å². The van der Waals surface area contributed by atoms with Gasteiger partial charge in [0.1, 0.15) is 12.1 Å². The zero-order chi connectivity index (χ0) is 15.4. The third-order valence-corrected chi connectivity index (χ3v) is 3.62. The van der Waals surface area contributed by atoms with Crippen molar-refractivity contribution >= 4 is 17.5 Å². The first kappa shape index (κ1) is 15.5. The number of nitrogens with zero attached hydrogens (tertiary/aromatic N) is 3. The van der Waals surface area contributed by atoms with E-state index in [0.717, 1.165) is 6.42 Å². The molecular weight excluding hydrogens is 272 g/mol. The Kier molecular flexibility index (Phi) is 4.95. The summed E-state index contributed by atoms with van der Waals surface area (Å²) >= 11 is 0. The highest BCUT2D eigenvalue weighted by molar-refractivity contribution is 6.08. The van der Waals surface area contributed by atoms with Gasteiger partial charge in [-0.2, -0.15) is 5.10 Å². The van der Waals surface area contributed by atoms with Gasteiger partial charge >= 0.3 is 0 Å². The molecule has 0 aliphatic carbocycles. The number of methoxy groups -OCH3 is 1. The molecule has 0 aromatic carbocycles. The van der Waals surface area contributed by atoms with Crippen molar-refractivity contribution in [1.29, 1.82) is 0 Å². The predicted octanol–water partition coefficient (Wildman–Crippen LogP) is 0.549. The van der Waals surface area contributed by atoms with Gasteiger partial charge in [-0.3, -0.25) is 19.2 Å². The van der Waals surface area contributed by atoms with Gasteiger partial charge in [-0.25, -0.2) is 0 Å². The van der Waals surface area contributed by atoms with E-state index >= 15 is 0 Å². The highest BCUT2D eigenvalue weighted by Crippen LogP contribution is 2.22. The summed E-state index contributed by atoms with van der Waals surface area (Å²) in [6, 6.07) is -0.966. The summed E-state index contributed by atoms with van der Waals surface area (Å²) < 4.78 is 6.71. The van der Waals surface area contributed by atoms with Crippen molar-refractivity contribution in [2.75, 3.05) is 18.6 Å². The van der Waals surface area contributed by atoms with Crippen molar-refractivity contribution in [3.05, 3.63) is 12.4 Å². The molecule has 1 fully saturated rings. The van der Waals surface area contributed by atoms with E-state index in [-0.39, 0.29) is 11.8 Å². The van der Waals surface area contributed by atoms with Crippen LogP contribution in [0.25, 0.3) is 0 Å². The van der Waals surface area contributed by atoms with E-state index in [4.69, 9.17) is 4.74 Å². The number of ether oxygens (including phenoxy) is 1. The Morgan fingerprint density at radius 3 is 2.86 bits per heavy atom. The first-order valence-corrected chi connectivity index (χ1v) is 7.23. The number of aromatic nitrogens is 2. The van der Waals surface area contributed by atoms with Crippen molar-refractivity contribution < 1.29 is 14.3 Å². The smallest absolute Gasteiger partial charge is 0.250 e. The Hall–Kier alpha value is -1.89. The average Bonchev–Trinajstić information content (AvgIpc) is 2.91. The third kappa shape index (κ3) is 3.24. The van der Waals surface area contributed by atoms with Gasteiger partial charge in [0.2, 0.25) is 11.8 Å². The second-order valence-electron chi connectivity index (χ2n) is 5.19. The number of rotatable bonds is 6. The zero-order valence-corrected chi connectivity index (χ0v) is 12.7. The van der Waals surface area contributed by atoms with E-state index in [1.807, 2.05) is 6.92 Å². The van der Waals surface area contributed by atoms with Crippen molar-refractivity contribution in [3.8, 4) is 0 Å². The van der Waals surface area contributed by atoms with E-state index in [1.165, 1.54) is 4.90 Å². The predicted molar refractivity (Wildman–Crippen MR) is 77.9 cm³/mol. The third-order valence-electron chi connectivity index (χ3n) is 3.62. The molecule has 7 heteroatoms. The monoisotopic (exact) mass is 294 g/mol. The molecular formula is C14H22N4O3. The van der Waals surface area contributed by atoms with E-state index in [2.05, 4.69) is 10.4 Å². The fourth-order valence-corrected chi connectivity index (χ4v) is 2.45. The van der Waals surface area contributed by atoms with Crippen LogP contribution in [0.2, 0.25) is 0 Å². The minimum atomic E-state index is -0.523. The number of piperazine rings is 1. The molecule has 2 rings (SSSR count). The number of nitrogens with one attached hydrogen (secondary N) is 1. The molecule has 1 aliphatic rings. The van der Waals surface area contributed by atoms with Gasteiger partial charge in [0.25, 0.3) is 0 Å². The molecule has 1 aromatic heterocycles. The van der Waals surface area contributed by atoms with E-state index in [1.54, 1.807) is 31.1 Å². The summed E-state index contributed by atoms with van der Waals surface area (Å²) in [4.78, 5) is 26.1. The summed E-state index contributed by atoms with van der Waals surface area (Å²) in [6.07, 6.45) is 4.87. The number of hydrogen-bond acceptors (Lipinski definition) is 4. The second-order valence-corrected chi connectivity index (χ2v) is 5.19. The Balaban J connectivity index is 2.20. The second kappa shape index (κ2) is 6.71. The molecule has 2 amide bonds. The molecule has 1 N–H and O–H groups in total. The number of hydrogen-bond donors (Lipinski definition) is 1. The largest absolute Gasteiger partial charge is 0.383 e. The standard InChI is InChI=1S/C14H22N4O3/c1-4-5-12-14(20)18(10(2)13(19)16-12)11-8-15-17(9-11)6-7-21-3/h8-10,12H,4-7H2,1-3H3,(H,16,19). The Labute approximate surface area is 124 Å². The van der Waals surface area contributed by atoms with Crippen LogP contribution in [0.5, 0.6) is 0 Å². The Morgan fingerprint density at radius 2 is 2.19 bits per heavy atom. The van der Waals surface area contributed by atoms with E-state index in [9.17, 15) is 9.59 Å². The lowest BCUT2D eigenvalue weighted by Crippen LogP contribution is -2.62. The van der Waals surface area contributed by atoms with Crippen LogP contribution in [-0.2, 0) is 20.9 Å². The van der Waals surface area contributed by atoms with Crippen molar-refractivity contribution in [2.24, 2.45) is 0 Å². The summed E-state index contributed by atoms with van der Waals surface area (Å²) in [5.41, 5.74) is 0.652. The minimum absolute atomic E-state index is 0.0739. The molecule has 1 saturated heterocycles. The molecule has 0 bridgehead atoms. The van der Waals surface area contributed by atoms with Crippen LogP contribution in [0.15, 0.2) is 12.4 Å². The zero-order valence-electron chi connectivity index (χ0n) is 12.7. The molecule has 0 saturated carbocycles. The van der Waals surface area contributed by atoms with Gasteiger partial charge in [0, 0.05) is 13.3 Å². The van der Waals surface area contributed by atoms with Crippen LogP contribution in [0.4, 0.5) is 5.69 Å². The van der Waals surface area contributed by atoms with Crippen molar-refractivity contribution in [1.82, 2.24) is 15.1 Å². The van der Waals surface area contributed by atoms with Gasteiger partial charge < -0.3 is 10.1 Å². The maximum atomic E-state index is 12.5. The molecule has 21 heavy (non-hydrogen) atoms. The van der Waals surface area contributed by atoms with Crippen LogP contribution in [0.1, 0.15) is 26.7 Å². The number of anilines is 1. The molecule has 0 spiro atoms. The van der Waals surface area contributed by atoms with Gasteiger partial charge in [0.15, 0.2) is 0 Å². The highest BCUT2D eigenvalue weighted by atomic mass is 16.5. The quantitative estimate of drug-likeness (QED) is 0.831. The molecule has 116 valence electrons.